The zero-order valence-corrected chi connectivity index (χ0v) is 13.0. The highest BCUT2D eigenvalue weighted by atomic mass is 16.6. The smallest absolute Gasteiger partial charge is 0.292 e. The highest BCUT2D eigenvalue weighted by molar-refractivity contribution is 5.81. The first-order valence-corrected chi connectivity index (χ1v) is 7.52. The van der Waals surface area contributed by atoms with Crippen molar-refractivity contribution in [2.24, 2.45) is 0 Å². The average Bonchev–Trinajstić information content (AvgIpc) is 2.59. The van der Waals surface area contributed by atoms with Crippen LogP contribution >= 0.6 is 0 Å². The number of para-hydroxylation sites is 2. The van der Waals surface area contributed by atoms with Gasteiger partial charge in [-0.1, -0.05) is 42.5 Å². The summed E-state index contributed by atoms with van der Waals surface area (Å²) in [6, 6.07) is 15.6. The minimum absolute atomic E-state index is 0.0885. The van der Waals surface area contributed by atoms with Crippen molar-refractivity contribution < 1.29 is 14.8 Å². The monoisotopic (exact) mass is 329 g/mol. The largest absolute Gasteiger partial charge is 0.391 e. The van der Waals surface area contributed by atoms with E-state index in [4.69, 9.17) is 0 Å². The molecule has 2 rings (SSSR count). The summed E-state index contributed by atoms with van der Waals surface area (Å²) in [5, 5.41) is 26.1. The van der Waals surface area contributed by atoms with Gasteiger partial charge in [0.2, 0.25) is 5.91 Å². The SMILES string of the molecule is O=C(CNc1ccccc1[N+](=O)[O-])NCC(O)Cc1ccccc1. The van der Waals surface area contributed by atoms with Gasteiger partial charge >= 0.3 is 0 Å². The summed E-state index contributed by atoms with van der Waals surface area (Å²) in [6.45, 7) is 0.00913. The number of hydrogen-bond donors (Lipinski definition) is 3. The number of hydrogen-bond acceptors (Lipinski definition) is 5. The zero-order valence-electron chi connectivity index (χ0n) is 13.0. The lowest BCUT2D eigenvalue weighted by atomic mass is 10.1. The summed E-state index contributed by atoms with van der Waals surface area (Å²) in [4.78, 5) is 22.2. The van der Waals surface area contributed by atoms with Crippen molar-refractivity contribution in [3.8, 4) is 0 Å². The quantitative estimate of drug-likeness (QED) is 0.505. The van der Waals surface area contributed by atoms with Gasteiger partial charge in [-0.25, -0.2) is 0 Å². The number of aliphatic hydroxyl groups is 1. The van der Waals surface area contributed by atoms with E-state index in [2.05, 4.69) is 10.6 Å². The summed E-state index contributed by atoms with van der Waals surface area (Å²) in [5.41, 5.74) is 1.18. The summed E-state index contributed by atoms with van der Waals surface area (Å²) in [5.74, 6) is -0.347. The van der Waals surface area contributed by atoms with Crippen molar-refractivity contribution in [1.29, 1.82) is 0 Å². The Labute approximate surface area is 139 Å². The van der Waals surface area contributed by atoms with Crippen LogP contribution in [0, 0.1) is 10.1 Å². The Morgan fingerprint density at radius 2 is 1.79 bits per heavy atom. The van der Waals surface area contributed by atoms with Crippen molar-refractivity contribution >= 4 is 17.3 Å². The Morgan fingerprint density at radius 1 is 1.12 bits per heavy atom. The molecule has 7 heteroatoms. The van der Waals surface area contributed by atoms with Crippen LogP contribution in [-0.2, 0) is 11.2 Å². The molecule has 0 saturated carbocycles. The van der Waals surface area contributed by atoms with Crippen LogP contribution in [0.5, 0.6) is 0 Å². The van der Waals surface area contributed by atoms with Gasteiger partial charge in [0.25, 0.3) is 5.69 Å². The first-order valence-electron chi connectivity index (χ1n) is 7.52. The van der Waals surface area contributed by atoms with E-state index in [0.717, 1.165) is 5.56 Å². The molecule has 0 aliphatic rings. The van der Waals surface area contributed by atoms with Crippen molar-refractivity contribution in [1.82, 2.24) is 5.32 Å². The van der Waals surface area contributed by atoms with E-state index >= 15 is 0 Å². The fraction of sp³-hybridized carbons (Fsp3) is 0.235. The molecule has 0 saturated heterocycles. The van der Waals surface area contributed by atoms with Crippen LogP contribution < -0.4 is 10.6 Å². The lowest BCUT2D eigenvalue weighted by Gasteiger charge is -2.12. The lowest BCUT2D eigenvalue weighted by molar-refractivity contribution is -0.383. The van der Waals surface area contributed by atoms with Crippen molar-refractivity contribution in [3.63, 3.8) is 0 Å². The Morgan fingerprint density at radius 3 is 2.50 bits per heavy atom. The molecule has 0 aromatic heterocycles. The maximum atomic E-state index is 11.8. The zero-order chi connectivity index (χ0) is 17.4. The number of nitro benzene ring substituents is 1. The second-order valence-corrected chi connectivity index (χ2v) is 5.28. The molecule has 2 aromatic rings. The molecule has 0 bridgehead atoms. The third-order valence-corrected chi connectivity index (χ3v) is 3.39. The van der Waals surface area contributed by atoms with Crippen LogP contribution in [0.3, 0.4) is 0 Å². The number of carbonyl (C=O) groups is 1. The molecule has 0 aliphatic carbocycles. The maximum absolute atomic E-state index is 11.8. The fourth-order valence-corrected chi connectivity index (χ4v) is 2.21. The molecule has 1 unspecified atom stereocenters. The Kier molecular flexibility index (Phi) is 6.27. The molecule has 0 fully saturated rings. The molecular weight excluding hydrogens is 310 g/mol. The van der Waals surface area contributed by atoms with Crippen molar-refractivity contribution in [2.45, 2.75) is 12.5 Å². The number of aliphatic hydroxyl groups excluding tert-OH is 1. The molecule has 0 heterocycles. The van der Waals surface area contributed by atoms with Crippen molar-refractivity contribution in [2.75, 3.05) is 18.4 Å². The van der Waals surface area contributed by atoms with Gasteiger partial charge in [0.1, 0.15) is 5.69 Å². The van der Waals surface area contributed by atoms with E-state index in [0.29, 0.717) is 6.42 Å². The van der Waals surface area contributed by atoms with Crippen LogP contribution in [0.25, 0.3) is 0 Å². The van der Waals surface area contributed by atoms with Crippen LogP contribution in [0.1, 0.15) is 5.56 Å². The third kappa shape index (κ3) is 5.36. The standard InChI is InChI=1S/C17H19N3O4/c21-14(10-13-6-2-1-3-7-13)11-19-17(22)12-18-15-8-4-5-9-16(15)20(23)24/h1-9,14,18,21H,10-12H2,(H,19,22). The number of carbonyl (C=O) groups excluding carboxylic acids is 1. The number of benzene rings is 2. The Bertz CT molecular complexity index is 691. The topological polar surface area (TPSA) is 104 Å². The van der Waals surface area contributed by atoms with Crippen LogP contribution in [0.2, 0.25) is 0 Å². The number of anilines is 1. The molecule has 126 valence electrons. The summed E-state index contributed by atoms with van der Waals surface area (Å²) < 4.78 is 0. The number of nitrogens with one attached hydrogen (secondary N) is 2. The van der Waals surface area contributed by atoms with Crippen LogP contribution in [0.15, 0.2) is 54.6 Å². The number of nitrogens with zero attached hydrogens (tertiary/aromatic N) is 1. The number of nitro groups is 1. The second kappa shape index (κ2) is 8.64. The van der Waals surface area contributed by atoms with Gasteiger partial charge in [-0.3, -0.25) is 14.9 Å². The summed E-state index contributed by atoms with van der Waals surface area (Å²) >= 11 is 0. The molecule has 3 N–H and O–H groups in total. The minimum Gasteiger partial charge on any atom is -0.391 e. The fourth-order valence-electron chi connectivity index (χ4n) is 2.21. The molecule has 2 aromatic carbocycles. The summed E-state index contributed by atoms with van der Waals surface area (Å²) in [6.07, 6.45) is -0.249. The maximum Gasteiger partial charge on any atom is 0.292 e. The van der Waals surface area contributed by atoms with Crippen LogP contribution in [0.4, 0.5) is 11.4 Å². The molecular formula is C17H19N3O4. The molecule has 0 aliphatic heterocycles. The first kappa shape index (κ1) is 17.4. The van der Waals surface area contributed by atoms with Crippen molar-refractivity contribution in [3.05, 3.63) is 70.3 Å². The second-order valence-electron chi connectivity index (χ2n) is 5.28. The van der Waals surface area contributed by atoms with Gasteiger partial charge in [0, 0.05) is 19.0 Å². The number of amides is 1. The van der Waals surface area contributed by atoms with Gasteiger partial charge in [-0.15, -0.1) is 0 Å². The van der Waals surface area contributed by atoms with E-state index in [9.17, 15) is 20.0 Å². The first-order chi connectivity index (χ1) is 11.6. The number of rotatable bonds is 8. The molecule has 1 amide bonds. The molecule has 7 nitrogen and oxygen atoms in total. The normalized spacial score (nSPS) is 11.5. The minimum atomic E-state index is -0.692. The molecule has 1 atom stereocenters. The highest BCUT2D eigenvalue weighted by Gasteiger charge is 2.13. The predicted octanol–water partition coefficient (Wildman–Crippen LogP) is 1.73. The Balaban J connectivity index is 1.77. The third-order valence-electron chi connectivity index (χ3n) is 3.39. The summed E-state index contributed by atoms with van der Waals surface area (Å²) in [7, 11) is 0. The molecule has 0 spiro atoms. The van der Waals surface area contributed by atoms with Gasteiger partial charge in [-0.05, 0) is 11.6 Å². The van der Waals surface area contributed by atoms with E-state index in [-0.39, 0.29) is 30.4 Å². The Hall–Kier alpha value is -2.93. The van der Waals surface area contributed by atoms with Gasteiger partial charge < -0.3 is 15.7 Å². The van der Waals surface area contributed by atoms with E-state index in [1.807, 2.05) is 30.3 Å². The van der Waals surface area contributed by atoms with Crippen LogP contribution in [-0.4, -0.2) is 35.1 Å². The van der Waals surface area contributed by atoms with Gasteiger partial charge in [-0.2, -0.15) is 0 Å². The van der Waals surface area contributed by atoms with E-state index in [1.165, 1.54) is 12.1 Å². The van der Waals surface area contributed by atoms with Gasteiger partial charge in [0.05, 0.1) is 17.6 Å². The highest BCUT2D eigenvalue weighted by Crippen LogP contribution is 2.22. The van der Waals surface area contributed by atoms with E-state index < -0.39 is 11.0 Å². The van der Waals surface area contributed by atoms with E-state index in [1.54, 1.807) is 12.1 Å². The molecule has 0 radical (unpaired) electrons. The van der Waals surface area contributed by atoms with Gasteiger partial charge in [0.15, 0.2) is 0 Å². The predicted molar refractivity (Wildman–Crippen MR) is 90.7 cm³/mol. The lowest BCUT2D eigenvalue weighted by Crippen LogP contribution is -2.36. The molecule has 24 heavy (non-hydrogen) atoms. The average molecular weight is 329 g/mol.